The molecule has 21 heavy (non-hydrogen) atoms. The van der Waals surface area contributed by atoms with E-state index in [1.165, 1.54) is 6.07 Å². The highest BCUT2D eigenvalue weighted by Crippen LogP contribution is 2.29. The molecule has 1 aromatic heterocycles. The van der Waals surface area contributed by atoms with Gasteiger partial charge in [-0.3, -0.25) is 4.79 Å². The topological polar surface area (TPSA) is 72.0 Å². The highest BCUT2D eigenvalue weighted by Gasteiger charge is 2.17. The minimum absolute atomic E-state index is 0.00109. The molecular formula is C13H9BrF2N2O3. The molecule has 5 nitrogen and oxygen atoms in total. The van der Waals surface area contributed by atoms with Crippen LogP contribution in [-0.2, 0) is 4.74 Å². The molecule has 0 amide bonds. The fraction of sp³-hybridized carbons (Fsp3) is 0.154. The zero-order valence-electron chi connectivity index (χ0n) is 10.7. The van der Waals surface area contributed by atoms with E-state index in [1.807, 2.05) is 0 Å². The van der Waals surface area contributed by atoms with E-state index in [-0.39, 0.29) is 28.0 Å². The fourth-order valence-corrected chi connectivity index (χ4v) is 2.10. The summed E-state index contributed by atoms with van der Waals surface area (Å²) in [6, 6.07) is 2.17. The summed E-state index contributed by atoms with van der Waals surface area (Å²) in [6.07, 6.45) is 1.03. The van der Waals surface area contributed by atoms with Gasteiger partial charge in [-0.05, 0) is 35.0 Å². The summed E-state index contributed by atoms with van der Waals surface area (Å²) >= 11 is 2.90. The van der Waals surface area contributed by atoms with Crippen molar-refractivity contribution in [3.8, 4) is 11.4 Å². The number of hydrogen-bond acceptors (Lipinski definition) is 4. The van der Waals surface area contributed by atoms with Gasteiger partial charge in [0.1, 0.15) is 11.4 Å². The van der Waals surface area contributed by atoms with E-state index in [0.29, 0.717) is 0 Å². The second-order valence-electron chi connectivity index (χ2n) is 3.92. The number of nitrogens with one attached hydrogen (secondary N) is 1. The van der Waals surface area contributed by atoms with Crippen LogP contribution in [0.4, 0.5) is 8.78 Å². The number of aromatic amines is 1. The van der Waals surface area contributed by atoms with Crippen LogP contribution in [0.15, 0.2) is 27.6 Å². The molecule has 2 rings (SSSR count). The number of ether oxygens (including phenoxy) is 1. The summed E-state index contributed by atoms with van der Waals surface area (Å²) in [5.74, 6) is -2.93. The number of rotatable bonds is 3. The number of carbonyl (C=O) groups is 1. The van der Waals surface area contributed by atoms with Gasteiger partial charge in [0.25, 0.3) is 5.56 Å². The number of halogens is 3. The van der Waals surface area contributed by atoms with E-state index in [9.17, 15) is 18.4 Å². The summed E-state index contributed by atoms with van der Waals surface area (Å²) < 4.78 is 31.0. The lowest BCUT2D eigenvalue weighted by molar-refractivity contribution is 0.0523. The Morgan fingerprint density at radius 2 is 2.14 bits per heavy atom. The third-order valence-electron chi connectivity index (χ3n) is 2.58. The number of benzene rings is 1. The van der Waals surface area contributed by atoms with Crippen molar-refractivity contribution in [3.05, 3.63) is 50.4 Å². The molecule has 110 valence electrons. The largest absolute Gasteiger partial charge is 0.462 e. The number of esters is 1. The summed E-state index contributed by atoms with van der Waals surface area (Å²) in [6.45, 7) is 1.72. The van der Waals surface area contributed by atoms with Gasteiger partial charge in [0.15, 0.2) is 11.6 Å². The summed E-state index contributed by atoms with van der Waals surface area (Å²) in [5, 5.41) is 0. The van der Waals surface area contributed by atoms with Gasteiger partial charge in [-0.2, -0.15) is 0 Å². The van der Waals surface area contributed by atoms with E-state index >= 15 is 0 Å². The van der Waals surface area contributed by atoms with E-state index in [2.05, 4.69) is 25.9 Å². The monoisotopic (exact) mass is 358 g/mol. The molecule has 1 aromatic carbocycles. The third-order valence-corrected chi connectivity index (χ3v) is 3.36. The van der Waals surface area contributed by atoms with Gasteiger partial charge in [0.2, 0.25) is 0 Å². The van der Waals surface area contributed by atoms with E-state index < -0.39 is 23.2 Å². The maximum atomic E-state index is 13.5. The lowest BCUT2D eigenvalue weighted by Gasteiger charge is -2.06. The molecular weight excluding hydrogens is 350 g/mol. The van der Waals surface area contributed by atoms with E-state index in [4.69, 9.17) is 4.74 Å². The molecule has 8 heteroatoms. The van der Waals surface area contributed by atoms with E-state index in [1.54, 1.807) is 6.92 Å². The van der Waals surface area contributed by atoms with Crippen LogP contribution in [0.1, 0.15) is 17.3 Å². The first-order chi connectivity index (χ1) is 9.95. The van der Waals surface area contributed by atoms with Gasteiger partial charge in [0, 0.05) is 11.8 Å². The number of aromatic nitrogens is 2. The van der Waals surface area contributed by atoms with Gasteiger partial charge in [0.05, 0.1) is 11.1 Å². The summed E-state index contributed by atoms with van der Waals surface area (Å²) in [4.78, 5) is 29.5. The number of nitrogens with zero attached hydrogens (tertiary/aromatic N) is 1. The van der Waals surface area contributed by atoms with Gasteiger partial charge in [-0.1, -0.05) is 0 Å². The smallest absolute Gasteiger partial charge is 0.345 e. The van der Waals surface area contributed by atoms with Crippen molar-refractivity contribution in [2.75, 3.05) is 6.61 Å². The Morgan fingerprint density at radius 3 is 2.76 bits per heavy atom. The fourth-order valence-electron chi connectivity index (χ4n) is 1.59. The molecule has 0 radical (unpaired) electrons. The van der Waals surface area contributed by atoms with Gasteiger partial charge < -0.3 is 9.72 Å². The average Bonchev–Trinajstić information content (AvgIpc) is 2.45. The van der Waals surface area contributed by atoms with Crippen molar-refractivity contribution in [1.82, 2.24) is 9.97 Å². The zero-order chi connectivity index (χ0) is 15.6. The normalized spacial score (nSPS) is 10.5. The quantitative estimate of drug-likeness (QED) is 0.676. The molecule has 0 saturated heterocycles. The molecule has 0 fully saturated rings. The maximum absolute atomic E-state index is 13.5. The van der Waals surface area contributed by atoms with Crippen molar-refractivity contribution in [1.29, 1.82) is 0 Å². The Kier molecular flexibility index (Phi) is 4.46. The predicted molar refractivity (Wildman–Crippen MR) is 73.9 cm³/mol. The first kappa shape index (κ1) is 15.3. The number of hydrogen-bond donors (Lipinski definition) is 1. The Bertz CT molecular complexity index is 762. The number of carbonyl (C=O) groups excluding carboxylic acids is 1. The highest BCUT2D eigenvalue weighted by molar-refractivity contribution is 9.10. The Labute approximate surface area is 126 Å². The molecule has 1 heterocycles. The Morgan fingerprint density at radius 1 is 1.43 bits per heavy atom. The van der Waals surface area contributed by atoms with Crippen LogP contribution in [0.2, 0.25) is 0 Å². The molecule has 1 N–H and O–H groups in total. The van der Waals surface area contributed by atoms with Gasteiger partial charge in [-0.25, -0.2) is 18.6 Å². The molecule has 0 aliphatic heterocycles. The minimum Gasteiger partial charge on any atom is -0.462 e. The molecule has 0 aliphatic carbocycles. The molecule has 0 bridgehead atoms. The molecule has 2 aromatic rings. The second-order valence-corrected chi connectivity index (χ2v) is 4.71. The first-order valence-corrected chi connectivity index (χ1v) is 6.65. The van der Waals surface area contributed by atoms with Crippen LogP contribution in [-0.4, -0.2) is 22.5 Å². The SMILES string of the molecule is CCOC(=O)c1cnc(-c2ccc(F)c(F)c2Br)[nH]c1=O. The summed E-state index contributed by atoms with van der Waals surface area (Å²) in [7, 11) is 0. The summed E-state index contributed by atoms with van der Waals surface area (Å²) in [5.41, 5.74) is -0.837. The van der Waals surface area contributed by atoms with Crippen LogP contribution in [0, 0.1) is 11.6 Å². The van der Waals surface area contributed by atoms with Crippen LogP contribution >= 0.6 is 15.9 Å². The molecule has 0 atom stereocenters. The minimum atomic E-state index is -1.09. The van der Waals surface area contributed by atoms with Gasteiger partial charge >= 0.3 is 5.97 Å². The van der Waals surface area contributed by atoms with Crippen LogP contribution in [0.25, 0.3) is 11.4 Å². The second kappa shape index (κ2) is 6.13. The zero-order valence-corrected chi connectivity index (χ0v) is 12.3. The molecule has 0 unspecified atom stereocenters. The molecule has 0 saturated carbocycles. The van der Waals surface area contributed by atoms with Crippen molar-refractivity contribution in [2.24, 2.45) is 0 Å². The van der Waals surface area contributed by atoms with Crippen LogP contribution in [0.5, 0.6) is 0 Å². The maximum Gasteiger partial charge on any atom is 0.345 e. The van der Waals surface area contributed by atoms with Crippen molar-refractivity contribution in [2.45, 2.75) is 6.92 Å². The Balaban J connectivity index is 2.48. The van der Waals surface area contributed by atoms with Crippen LogP contribution < -0.4 is 5.56 Å². The third kappa shape index (κ3) is 2.99. The lowest BCUT2D eigenvalue weighted by atomic mass is 10.2. The van der Waals surface area contributed by atoms with Crippen LogP contribution in [0.3, 0.4) is 0 Å². The first-order valence-electron chi connectivity index (χ1n) is 5.86. The standard InChI is InChI=1S/C13H9BrF2N2O3/c1-2-21-13(20)7-5-17-11(18-12(7)19)6-3-4-8(15)10(16)9(6)14/h3-5H,2H2,1H3,(H,17,18,19). The average molecular weight is 359 g/mol. The Hall–Kier alpha value is -2.09. The predicted octanol–water partition coefficient (Wildman–Crippen LogP) is 2.65. The highest BCUT2D eigenvalue weighted by atomic mass is 79.9. The van der Waals surface area contributed by atoms with Crippen molar-refractivity contribution >= 4 is 21.9 Å². The van der Waals surface area contributed by atoms with Crippen molar-refractivity contribution in [3.63, 3.8) is 0 Å². The van der Waals surface area contributed by atoms with E-state index in [0.717, 1.165) is 12.3 Å². The molecule has 0 spiro atoms. The van der Waals surface area contributed by atoms with Crippen molar-refractivity contribution < 1.29 is 18.3 Å². The molecule has 0 aliphatic rings. The van der Waals surface area contributed by atoms with Gasteiger partial charge in [-0.15, -0.1) is 0 Å². The lowest BCUT2D eigenvalue weighted by Crippen LogP contribution is -2.21. The number of H-pyrrole nitrogens is 1.